The van der Waals surface area contributed by atoms with E-state index in [0.29, 0.717) is 11.6 Å². The fourth-order valence-electron chi connectivity index (χ4n) is 3.17. The summed E-state index contributed by atoms with van der Waals surface area (Å²) < 4.78 is 2.21. The number of aromatic nitrogens is 2. The Kier molecular flexibility index (Phi) is 6.52. The Morgan fingerprint density at radius 1 is 1.15 bits per heavy atom. The van der Waals surface area contributed by atoms with Gasteiger partial charge in [-0.25, -0.2) is 9.78 Å². The van der Waals surface area contributed by atoms with Crippen LogP contribution in [0.25, 0.3) is 0 Å². The number of piperazine rings is 1. The van der Waals surface area contributed by atoms with Gasteiger partial charge in [0.25, 0.3) is 0 Å². The molecule has 1 aliphatic rings. The van der Waals surface area contributed by atoms with E-state index >= 15 is 0 Å². The van der Waals surface area contributed by atoms with Crippen molar-refractivity contribution in [1.82, 2.24) is 24.7 Å². The van der Waals surface area contributed by atoms with Gasteiger partial charge in [-0.3, -0.25) is 4.90 Å². The first-order valence-electron chi connectivity index (χ1n) is 9.15. The molecule has 0 aliphatic carbocycles. The molecule has 0 bridgehead atoms. The average molecular weight is 376 g/mol. The number of carbonyl (C=O) groups is 1. The average Bonchev–Trinajstić information content (AvgIpc) is 3.13. The lowest BCUT2D eigenvalue weighted by Crippen LogP contribution is -2.52. The van der Waals surface area contributed by atoms with Crippen LogP contribution >= 0.6 is 11.6 Å². The van der Waals surface area contributed by atoms with Gasteiger partial charge in [-0.15, -0.1) is 0 Å². The number of aryl methyl sites for hydroxylation is 1. The third kappa shape index (κ3) is 4.99. The number of rotatable bonds is 6. The van der Waals surface area contributed by atoms with E-state index in [9.17, 15) is 4.79 Å². The van der Waals surface area contributed by atoms with E-state index in [1.165, 1.54) is 0 Å². The first kappa shape index (κ1) is 18.7. The van der Waals surface area contributed by atoms with Crippen LogP contribution in [-0.2, 0) is 19.5 Å². The molecule has 140 valence electrons. The van der Waals surface area contributed by atoms with Gasteiger partial charge in [0.2, 0.25) is 0 Å². The Morgan fingerprint density at radius 3 is 2.58 bits per heavy atom. The van der Waals surface area contributed by atoms with Crippen LogP contribution in [0.4, 0.5) is 4.79 Å². The standard InChI is InChI=1S/C19H26ClN5O/c1-2-18-21-7-8-24(18)12-9-23-10-13-25(14-11-23)19(26)22-15-16-3-5-17(20)6-4-16/h3-8H,2,9-15H2,1H3,(H,22,26). The van der Waals surface area contributed by atoms with Gasteiger partial charge in [-0.2, -0.15) is 0 Å². The van der Waals surface area contributed by atoms with E-state index < -0.39 is 0 Å². The van der Waals surface area contributed by atoms with E-state index in [0.717, 1.165) is 57.1 Å². The Bertz CT molecular complexity index is 707. The Labute approximate surface area is 159 Å². The summed E-state index contributed by atoms with van der Waals surface area (Å²) in [6, 6.07) is 7.54. The van der Waals surface area contributed by atoms with Crippen LogP contribution in [0.15, 0.2) is 36.7 Å². The maximum absolute atomic E-state index is 12.3. The quantitative estimate of drug-likeness (QED) is 0.844. The van der Waals surface area contributed by atoms with Gasteiger partial charge in [0.05, 0.1) is 0 Å². The maximum Gasteiger partial charge on any atom is 0.317 e. The summed E-state index contributed by atoms with van der Waals surface area (Å²) in [6.07, 6.45) is 4.86. The molecule has 2 amide bonds. The highest BCUT2D eigenvalue weighted by Crippen LogP contribution is 2.10. The fourth-order valence-corrected chi connectivity index (χ4v) is 3.30. The van der Waals surface area contributed by atoms with E-state index in [1.807, 2.05) is 41.6 Å². The van der Waals surface area contributed by atoms with Crippen molar-refractivity contribution < 1.29 is 4.79 Å². The van der Waals surface area contributed by atoms with Crippen molar-refractivity contribution >= 4 is 17.6 Å². The zero-order valence-corrected chi connectivity index (χ0v) is 16.0. The van der Waals surface area contributed by atoms with Gasteiger partial charge < -0.3 is 14.8 Å². The highest BCUT2D eigenvalue weighted by Gasteiger charge is 2.20. The molecular formula is C19H26ClN5O. The molecule has 1 aliphatic heterocycles. The van der Waals surface area contributed by atoms with Crippen LogP contribution in [0.2, 0.25) is 5.02 Å². The summed E-state index contributed by atoms with van der Waals surface area (Å²) in [5.41, 5.74) is 1.05. The minimum absolute atomic E-state index is 0.00230. The van der Waals surface area contributed by atoms with Gasteiger partial charge in [-0.05, 0) is 17.7 Å². The van der Waals surface area contributed by atoms with Gasteiger partial charge in [-0.1, -0.05) is 30.7 Å². The smallest absolute Gasteiger partial charge is 0.317 e. The number of carbonyl (C=O) groups excluding carboxylic acids is 1. The van der Waals surface area contributed by atoms with Crippen molar-refractivity contribution in [3.8, 4) is 0 Å². The molecule has 2 aromatic rings. The van der Waals surface area contributed by atoms with E-state index in [4.69, 9.17) is 11.6 Å². The third-order valence-electron chi connectivity index (χ3n) is 4.79. The Balaban J connectivity index is 1.38. The van der Waals surface area contributed by atoms with Gasteiger partial charge in [0.1, 0.15) is 5.82 Å². The SMILES string of the molecule is CCc1nccn1CCN1CCN(C(=O)NCc2ccc(Cl)cc2)CC1. The van der Waals surface area contributed by atoms with E-state index in [1.54, 1.807) is 0 Å². The molecule has 1 aromatic heterocycles. The number of nitrogens with one attached hydrogen (secondary N) is 1. The van der Waals surface area contributed by atoms with Crippen molar-refractivity contribution in [3.63, 3.8) is 0 Å². The number of hydrogen-bond donors (Lipinski definition) is 1. The molecule has 1 saturated heterocycles. The summed E-state index contributed by atoms with van der Waals surface area (Å²) in [7, 11) is 0. The number of urea groups is 1. The minimum Gasteiger partial charge on any atom is -0.334 e. The number of benzene rings is 1. The summed E-state index contributed by atoms with van der Waals surface area (Å²) in [5.74, 6) is 1.13. The van der Waals surface area contributed by atoms with Gasteiger partial charge in [0, 0.05) is 69.7 Å². The zero-order chi connectivity index (χ0) is 18.4. The number of nitrogens with zero attached hydrogens (tertiary/aromatic N) is 4. The lowest BCUT2D eigenvalue weighted by atomic mass is 10.2. The van der Waals surface area contributed by atoms with Crippen molar-refractivity contribution in [3.05, 3.63) is 53.1 Å². The second-order valence-corrected chi connectivity index (χ2v) is 6.94. The molecule has 0 spiro atoms. The summed E-state index contributed by atoms with van der Waals surface area (Å²) >= 11 is 5.88. The highest BCUT2D eigenvalue weighted by atomic mass is 35.5. The summed E-state index contributed by atoms with van der Waals surface area (Å²) in [6.45, 7) is 7.93. The first-order chi connectivity index (χ1) is 12.7. The molecule has 0 radical (unpaired) electrons. The Morgan fingerprint density at radius 2 is 1.88 bits per heavy atom. The molecule has 0 unspecified atom stereocenters. The number of amides is 2. The molecule has 2 heterocycles. The fraction of sp³-hybridized carbons (Fsp3) is 0.474. The zero-order valence-electron chi connectivity index (χ0n) is 15.2. The molecule has 1 fully saturated rings. The van der Waals surface area contributed by atoms with Crippen molar-refractivity contribution in [2.75, 3.05) is 32.7 Å². The monoisotopic (exact) mass is 375 g/mol. The summed E-state index contributed by atoms with van der Waals surface area (Å²) in [4.78, 5) is 21.0. The van der Waals surface area contributed by atoms with Crippen LogP contribution in [0, 0.1) is 0 Å². The Hall–Kier alpha value is -2.05. The minimum atomic E-state index is 0.00230. The molecule has 1 N–H and O–H groups in total. The van der Waals surface area contributed by atoms with Crippen LogP contribution in [0.1, 0.15) is 18.3 Å². The van der Waals surface area contributed by atoms with Gasteiger partial charge in [0.15, 0.2) is 0 Å². The predicted octanol–water partition coefficient (Wildman–Crippen LogP) is 2.63. The molecule has 1 aromatic carbocycles. The highest BCUT2D eigenvalue weighted by molar-refractivity contribution is 6.30. The molecule has 3 rings (SSSR count). The van der Waals surface area contributed by atoms with Crippen LogP contribution < -0.4 is 5.32 Å². The molecular weight excluding hydrogens is 350 g/mol. The normalized spacial score (nSPS) is 15.2. The first-order valence-corrected chi connectivity index (χ1v) is 9.53. The van der Waals surface area contributed by atoms with Crippen LogP contribution in [0.5, 0.6) is 0 Å². The lowest BCUT2D eigenvalue weighted by molar-refractivity contribution is 0.136. The summed E-state index contributed by atoms with van der Waals surface area (Å²) in [5, 5.41) is 3.69. The van der Waals surface area contributed by atoms with Crippen molar-refractivity contribution in [2.24, 2.45) is 0 Å². The van der Waals surface area contributed by atoms with Crippen LogP contribution in [0.3, 0.4) is 0 Å². The van der Waals surface area contributed by atoms with Crippen molar-refractivity contribution in [1.29, 1.82) is 0 Å². The second kappa shape index (κ2) is 9.05. The molecule has 6 nitrogen and oxygen atoms in total. The predicted molar refractivity (Wildman–Crippen MR) is 103 cm³/mol. The third-order valence-corrected chi connectivity index (χ3v) is 5.04. The number of hydrogen-bond acceptors (Lipinski definition) is 3. The number of imidazole rings is 1. The largest absolute Gasteiger partial charge is 0.334 e. The number of halogens is 1. The van der Waals surface area contributed by atoms with Crippen LogP contribution in [-0.4, -0.2) is 58.1 Å². The maximum atomic E-state index is 12.3. The molecule has 0 atom stereocenters. The van der Waals surface area contributed by atoms with E-state index in [2.05, 4.69) is 26.7 Å². The van der Waals surface area contributed by atoms with Gasteiger partial charge >= 0.3 is 6.03 Å². The topological polar surface area (TPSA) is 53.4 Å². The molecule has 0 saturated carbocycles. The molecule has 26 heavy (non-hydrogen) atoms. The van der Waals surface area contributed by atoms with Crippen molar-refractivity contribution in [2.45, 2.75) is 26.4 Å². The molecule has 7 heteroatoms. The van der Waals surface area contributed by atoms with E-state index in [-0.39, 0.29) is 6.03 Å². The second-order valence-electron chi connectivity index (χ2n) is 6.50. The lowest BCUT2D eigenvalue weighted by Gasteiger charge is -2.34.